The van der Waals surface area contributed by atoms with E-state index in [1.807, 2.05) is 12.4 Å². The van der Waals surface area contributed by atoms with E-state index in [0.717, 1.165) is 5.57 Å². The van der Waals surface area contributed by atoms with Crippen molar-refractivity contribution in [2.75, 3.05) is 6.61 Å². The molecule has 0 unspecified atom stereocenters. The number of hydrogen-bond donors (Lipinski definition) is 0. The monoisotopic (exact) mass is 123 g/mol. The van der Waals surface area contributed by atoms with Gasteiger partial charge < -0.3 is 4.74 Å². The van der Waals surface area contributed by atoms with Gasteiger partial charge in [0, 0.05) is 6.42 Å². The molecule has 2 heteroatoms. The van der Waals surface area contributed by atoms with Gasteiger partial charge in [0.05, 0.1) is 6.26 Å². The first-order chi connectivity index (χ1) is 4.43. The molecule has 0 amide bonds. The summed E-state index contributed by atoms with van der Waals surface area (Å²) in [5.74, 6) is 0. The van der Waals surface area contributed by atoms with Crippen molar-refractivity contribution in [3.63, 3.8) is 0 Å². The van der Waals surface area contributed by atoms with E-state index in [0.29, 0.717) is 13.0 Å². The maximum Gasteiger partial charge on any atom is 0.203 e. The molecule has 9 heavy (non-hydrogen) atoms. The van der Waals surface area contributed by atoms with Gasteiger partial charge in [-0.1, -0.05) is 0 Å². The fourth-order valence-electron chi connectivity index (χ4n) is 0.629. The Hall–Kier alpha value is -1.05. The predicted octanol–water partition coefficient (Wildman–Crippen LogP) is 0.956. The Morgan fingerprint density at radius 3 is 3.22 bits per heavy atom. The third-order valence-electron chi connectivity index (χ3n) is 1.10. The molecule has 0 bridgehead atoms. The summed E-state index contributed by atoms with van der Waals surface area (Å²) in [6, 6.07) is 0. The van der Waals surface area contributed by atoms with Crippen LogP contribution in [0.15, 0.2) is 24.0 Å². The summed E-state index contributed by atoms with van der Waals surface area (Å²) in [6.45, 7) is 0.577. The standard InChI is InChI=1S/C7H7O2/c8-4-1-7-2-5-9-6-3-7/h2-3,5H,1,6H2. The van der Waals surface area contributed by atoms with E-state index in [4.69, 9.17) is 4.74 Å². The average molecular weight is 123 g/mol. The van der Waals surface area contributed by atoms with E-state index >= 15 is 0 Å². The zero-order chi connectivity index (χ0) is 6.53. The summed E-state index contributed by atoms with van der Waals surface area (Å²) in [4.78, 5) is 9.83. The van der Waals surface area contributed by atoms with E-state index in [1.165, 1.54) is 0 Å². The average Bonchev–Trinajstić information content (AvgIpc) is 1.91. The zero-order valence-corrected chi connectivity index (χ0v) is 4.96. The maximum atomic E-state index is 9.83. The lowest BCUT2D eigenvalue weighted by molar-refractivity contribution is 0.284. The van der Waals surface area contributed by atoms with Crippen LogP contribution in [0.2, 0.25) is 0 Å². The minimum atomic E-state index is 0.375. The Balaban J connectivity index is 2.47. The van der Waals surface area contributed by atoms with Gasteiger partial charge in [0.25, 0.3) is 0 Å². The van der Waals surface area contributed by atoms with Gasteiger partial charge in [-0.25, -0.2) is 0 Å². The molecule has 0 saturated heterocycles. The molecule has 1 aliphatic rings. The Kier molecular flexibility index (Phi) is 2.07. The molecule has 0 aromatic carbocycles. The van der Waals surface area contributed by atoms with E-state index < -0.39 is 0 Å². The molecule has 1 rings (SSSR count). The van der Waals surface area contributed by atoms with Gasteiger partial charge in [-0.15, -0.1) is 0 Å². The van der Waals surface area contributed by atoms with Crippen molar-refractivity contribution in [2.45, 2.75) is 6.42 Å². The van der Waals surface area contributed by atoms with E-state index in [1.54, 1.807) is 12.3 Å². The molecule has 0 aromatic heterocycles. The van der Waals surface area contributed by atoms with Crippen molar-refractivity contribution in [1.29, 1.82) is 0 Å². The first kappa shape index (κ1) is 6.08. The molecule has 0 aliphatic carbocycles. The summed E-state index contributed by atoms with van der Waals surface area (Å²) >= 11 is 0. The molecule has 1 heterocycles. The Morgan fingerprint density at radius 1 is 1.78 bits per heavy atom. The molecular formula is C7H7O2. The van der Waals surface area contributed by atoms with Crippen molar-refractivity contribution in [1.82, 2.24) is 0 Å². The second-order valence-electron chi connectivity index (χ2n) is 1.74. The number of ether oxygens (including phenoxy) is 1. The first-order valence-corrected chi connectivity index (χ1v) is 2.75. The highest BCUT2D eigenvalue weighted by Crippen LogP contribution is 2.05. The minimum absolute atomic E-state index is 0.375. The van der Waals surface area contributed by atoms with E-state index in [-0.39, 0.29) is 0 Å². The maximum absolute atomic E-state index is 9.83. The van der Waals surface area contributed by atoms with Crippen LogP contribution >= 0.6 is 0 Å². The zero-order valence-electron chi connectivity index (χ0n) is 4.96. The Morgan fingerprint density at radius 2 is 2.67 bits per heavy atom. The molecule has 1 radical (unpaired) electrons. The molecule has 1 aliphatic heterocycles. The van der Waals surface area contributed by atoms with Gasteiger partial charge in [0.1, 0.15) is 6.61 Å². The third-order valence-corrected chi connectivity index (χ3v) is 1.10. The van der Waals surface area contributed by atoms with E-state index in [2.05, 4.69) is 0 Å². The number of carbonyl (C=O) groups excluding carboxylic acids is 1. The molecule has 0 atom stereocenters. The summed E-state index contributed by atoms with van der Waals surface area (Å²) in [6.07, 6.45) is 7.42. The fourth-order valence-corrected chi connectivity index (χ4v) is 0.629. The topological polar surface area (TPSA) is 26.3 Å². The fraction of sp³-hybridized carbons (Fsp3) is 0.286. The molecule has 2 nitrogen and oxygen atoms in total. The molecule has 0 fully saturated rings. The second-order valence-corrected chi connectivity index (χ2v) is 1.74. The smallest absolute Gasteiger partial charge is 0.203 e. The number of rotatable bonds is 2. The first-order valence-electron chi connectivity index (χ1n) is 2.75. The summed E-state index contributed by atoms with van der Waals surface area (Å²) < 4.78 is 4.86. The second kappa shape index (κ2) is 3.07. The molecule has 0 saturated carbocycles. The van der Waals surface area contributed by atoms with Crippen LogP contribution in [0.25, 0.3) is 0 Å². The van der Waals surface area contributed by atoms with Gasteiger partial charge in [-0.05, 0) is 17.7 Å². The largest absolute Gasteiger partial charge is 0.497 e. The summed E-state index contributed by atoms with van der Waals surface area (Å²) in [5.41, 5.74) is 0.983. The Labute approximate surface area is 53.8 Å². The third kappa shape index (κ3) is 1.72. The van der Waals surface area contributed by atoms with Crippen LogP contribution in [0.1, 0.15) is 6.42 Å². The molecular weight excluding hydrogens is 116 g/mol. The number of allylic oxidation sites excluding steroid dienone is 2. The SMILES string of the molecule is O=[C]CC1=CCOC=C1. The molecule has 0 aromatic rings. The lowest BCUT2D eigenvalue weighted by Crippen LogP contribution is -1.92. The van der Waals surface area contributed by atoms with Crippen molar-refractivity contribution in [3.8, 4) is 0 Å². The molecule has 47 valence electrons. The van der Waals surface area contributed by atoms with Gasteiger partial charge in [-0.2, -0.15) is 0 Å². The highest BCUT2D eigenvalue weighted by Gasteiger charge is 1.94. The van der Waals surface area contributed by atoms with Crippen molar-refractivity contribution in [3.05, 3.63) is 24.0 Å². The lowest BCUT2D eigenvalue weighted by Gasteiger charge is -2.02. The molecule has 0 N–H and O–H groups in total. The molecule has 0 spiro atoms. The minimum Gasteiger partial charge on any atom is -0.497 e. The summed E-state index contributed by atoms with van der Waals surface area (Å²) in [7, 11) is 0. The van der Waals surface area contributed by atoms with Crippen LogP contribution in [-0.2, 0) is 9.53 Å². The van der Waals surface area contributed by atoms with Crippen LogP contribution in [0, 0.1) is 0 Å². The van der Waals surface area contributed by atoms with Crippen LogP contribution < -0.4 is 0 Å². The van der Waals surface area contributed by atoms with E-state index in [9.17, 15) is 4.79 Å². The van der Waals surface area contributed by atoms with Gasteiger partial charge >= 0.3 is 0 Å². The van der Waals surface area contributed by atoms with Crippen LogP contribution in [-0.4, -0.2) is 12.9 Å². The summed E-state index contributed by atoms with van der Waals surface area (Å²) in [5, 5.41) is 0. The highest BCUT2D eigenvalue weighted by molar-refractivity contribution is 5.57. The van der Waals surface area contributed by atoms with Gasteiger partial charge in [-0.3, -0.25) is 4.79 Å². The Bertz CT molecular complexity index is 156. The van der Waals surface area contributed by atoms with Crippen molar-refractivity contribution >= 4 is 6.29 Å². The van der Waals surface area contributed by atoms with Crippen molar-refractivity contribution < 1.29 is 9.53 Å². The number of hydrogen-bond acceptors (Lipinski definition) is 2. The van der Waals surface area contributed by atoms with Crippen LogP contribution in [0.5, 0.6) is 0 Å². The van der Waals surface area contributed by atoms with Crippen LogP contribution in [0.4, 0.5) is 0 Å². The van der Waals surface area contributed by atoms with Gasteiger partial charge in [0.2, 0.25) is 6.29 Å². The van der Waals surface area contributed by atoms with Crippen molar-refractivity contribution in [2.24, 2.45) is 0 Å². The van der Waals surface area contributed by atoms with Crippen LogP contribution in [0.3, 0.4) is 0 Å². The normalized spacial score (nSPS) is 16.2. The quantitative estimate of drug-likeness (QED) is 0.546. The predicted molar refractivity (Wildman–Crippen MR) is 33.5 cm³/mol. The lowest BCUT2D eigenvalue weighted by atomic mass is 10.2. The van der Waals surface area contributed by atoms with Gasteiger partial charge in [0.15, 0.2) is 0 Å². The highest BCUT2D eigenvalue weighted by atomic mass is 16.5.